The molecule has 2 N–H and O–H groups in total. The van der Waals surface area contributed by atoms with Gasteiger partial charge in [0.05, 0.1) is 5.75 Å². The molecule has 3 rings (SSSR count). The van der Waals surface area contributed by atoms with Gasteiger partial charge in [-0.05, 0) is 17.8 Å². The molecule has 0 atom stereocenters. The summed E-state index contributed by atoms with van der Waals surface area (Å²) in [6, 6.07) is 18.1. The first-order valence-electron chi connectivity index (χ1n) is 6.82. The molecule has 1 heterocycles. The van der Waals surface area contributed by atoms with E-state index in [0.29, 0.717) is 11.4 Å². The van der Waals surface area contributed by atoms with Gasteiger partial charge in [-0.2, -0.15) is 9.77 Å². The van der Waals surface area contributed by atoms with Crippen molar-refractivity contribution in [3.05, 3.63) is 71.0 Å². The van der Waals surface area contributed by atoms with E-state index in [9.17, 15) is 8.42 Å². The van der Waals surface area contributed by atoms with E-state index in [1.165, 1.54) is 4.68 Å². The van der Waals surface area contributed by atoms with Crippen molar-refractivity contribution in [2.75, 3.05) is 4.83 Å². The van der Waals surface area contributed by atoms with E-state index >= 15 is 0 Å². The molecular weight excluding hydrogens is 332 g/mol. The van der Waals surface area contributed by atoms with Crippen molar-refractivity contribution in [2.24, 2.45) is 0 Å². The van der Waals surface area contributed by atoms with Crippen LogP contribution < -0.4 is 4.83 Å². The number of sulfonamides is 1. The summed E-state index contributed by atoms with van der Waals surface area (Å²) in [7, 11) is -3.62. The highest BCUT2D eigenvalue weighted by molar-refractivity contribution is 7.91. The monoisotopic (exact) mass is 346 g/mol. The second-order valence-corrected chi connectivity index (χ2v) is 6.98. The van der Waals surface area contributed by atoms with Gasteiger partial charge in [-0.3, -0.25) is 0 Å². The lowest BCUT2D eigenvalue weighted by Gasteiger charge is -2.11. The van der Waals surface area contributed by atoms with Gasteiger partial charge in [0, 0.05) is 5.56 Å². The number of aromatic amines is 1. The number of hydrogen-bond acceptors (Lipinski definition) is 4. The molecule has 0 saturated heterocycles. The third-order valence-electron chi connectivity index (χ3n) is 3.13. The van der Waals surface area contributed by atoms with Crippen LogP contribution in [0.25, 0.3) is 11.4 Å². The lowest BCUT2D eigenvalue weighted by molar-refractivity contribution is 0.594. The predicted molar refractivity (Wildman–Crippen MR) is 91.3 cm³/mol. The van der Waals surface area contributed by atoms with E-state index in [-0.39, 0.29) is 10.5 Å². The minimum Gasteiger partial charge on any atom is -0.250 e. The van der Waals surface area contributed by atoms with Crippen LogP contribution in [-0.2, 0) is 15.8 Å². The molecule has 0 radical (unpaired) electrons. The predicted octanol–water partition coefficient (Wildman–Crippen LogP) is 2.68. The van der Waals surface area contributed by atoms with Gasteiger partial charge in [0.15, 0.2) is 5.82 Å². The molecule has 118 valence electrons. The Morgan fingerprint density at radius 2 is 1.65 bits per heavy atom. The number of rotatable bonds is 5. The number of H-pyrrole nitrogens is 1. The topological polar surface area (TPSA) is 79.8 Å². The molecule has 0 aliphatic carbocycles. The van der Waals surface area contributed by atoms with Crippen LogP contribution in [0.15, 0.2) is 60.7 Å². The van der Waals surface area contributed by atoms with E-state index in [2.05, 4.69) is 15.0 Å². The molecule has 0 saturated carbocycles. The minimum absolute atomic E-state index is 0.144. The maximum Gasteiger partial charge on any atom is 0.250 e. The summed E-state index contributed by atoms with van der Waals surface area (Å²) in [4.78, 5) is 2.47. The molecule has 0 amide bonds. The van der Waals surface area contributed by atoms with Gasteiger partial charge in [-0.25, -0.2) is 18.3 Å². The summed E-state index contributed by atoms with van der Waals surface area (Å²) in [5, 5.41) is 6.71. The van der Waals surface area contributed by atoms with Crippen molar-refractivity contribution in [1.29, 1.82) is 0 Å². The van der Waals surface area contributed by atoms with Gasteiger partial charge in [-0.1, -0.05) is 60.7 Å². The van der Waals surface area contributed by atoms with E-state index < -0.39 is 10.0 Å². The molecule has 8 heteroatoms. The van der Waals surface area contributed by atoms with Crippen LogP contribution in [0.3, 0.4) is 0 Å². The molecule has 1 aromatic heterocycles. The largest absolute Gasteiger partial charge is 0.250 e. The maximum absolute atomic E-state index is 12.4. The Hall–Kier alpha value is -2.45. The molecule has 0 aliphatic heterocycles. The SMILES string of the molecule is O=S(=O)(Cc1ccccc1)Nn1c(-c2ccccc2)n[nH]c1=S. The third-order valence-corrected chi connectivity index (χ3v) is 4.58. The van der Waals surface area contributed by atoms with Crippen molar-refractivity contribution >= 4 is 22.2 Å². The molecular formula is C15H14N4O2S2. The molecule has 0 spiro atoms. The van der Waals surface area contributed by atoms with Crippen molar-refractivity contribution in [3.63, 3.8) is 0 Å². The maximum atomic E-state index is 12.4. The molecule has 0 unspecified atom stereocenters. The van der Waals surface area contributed by atoms with Crippen molar-refractivity contribution in [2.45, 2.75) is 5.75 Å². The lowest BCUT2D eigenvalue weighted by Crippen LogP contribution is -2.25. The molecule has 0 fully saturated rings. The van der Waals surface area contributed by atoms with Crippen LogP contribution in [0.2, 0.25) is 0 Å². The Morgan fingerprint density at radius 1 is 1.04 bits per heavy atom. The summed E-state index contributed by atoms with van der Waals surface area (Å²) in [5.74, 6) is 0.266. The summed E-state index contributed by atoms with van der Waals surface area (Å²) in [6.07, 6.45) is 0. The van der Waals surface area contributed by atoms with Gasteiger partial charge in [-0.15, -0.1) is 0 Å². The zero-order valence-corrected chi connectivity index (χ0v) is 13.6. The number of nitrogens with one attached hydrogen (secondary N) is 2. The average molecular weight is 346 g/mol. The molecule has 6 nitrogen and oxygen atoms in total. The lowest BCUT2D eigenvalue weighted by atomic mass is 10.2. The average Bonchev–Trinajstić information content (AvgIpc) is 2.89. The van der Waals surface area contributed by atoms with Crippen molar-refractivity contribution in [1.82, 2.24) is 14.9 Å². The van der Waals surface area contributed by atoms with Crippen LogP contribution in [0.5, 0.6) is 0 Å². The van der Waals surface area contributed by atoms with Gasteiger partial charge in [0.25, 0.3) is 10.0 Å². The number of nitrogens with zero attached hydrogens (tertiary/aromatic N) is 2. The molecule has 23 heavy (non-hydrogen) atoms. The fourth-order valence-electron chi connectivity index (χ4n) is 2.13. The second-order valence-electron chi connectivity index (χ2n) is 4.89. The summed E-state index contributed by atoms with van der Waals surface area (Å²) < 4.78 is 26.2. The van der Waals surface area contributed by atoms with Gasteiger partial charge < -0.3 is 0 Å². The van der Waals surface area contributed by atoms with Crippen LogP contribution in [0.1, 0.15) is 5.56 Å². The number of aromatic nitrogens is 3. The van der Waals surface area contributed by atoms with E-state index in [0.717, 1.165) is 5.56 Å². The first-order valence-corrected chi connectivity index (χ1v) is 8.88. The summed E-state index contributed by atoms with van der Waals surface area (Å²) in [5.41, 5.74) is 1.44. The smallest absolute Gasteiger partial charge is 0.250 e. The Morgan fingerprint density at radius 3 is 2.30 bits per heavy atom. The van der Waals surface area contributed by atoms with Crippen LogP contribution >= 0.6 is 12.2 Å². The fraction of sp³-hybridized carbons (Fsp3) is 0.0667. The Balaban J connectivity index is 1.91. The number of hydrogen-bond donors (Lipinski definition) is 2. The first-order chi connectivity index (χ1) is 11.1. The Labute approximate surface area is 138 Å². The highest BCUT2D eigenvalue weighted by Crippen LogP contribution is 2.16. The fourth-order valence-corrected chi connectivity index (χ4v) is 3.51. The van der Waals surface area contributed by atoms with Gasteiger partial charge >= 0.3 is 0 Å². The highest BCUT2D eigenvalue weighted by Gasteiger charge is 2.16. The normalized spacial score (nSPS) is 11.3. The molecule has 0 bridgehead atoms. The van der Waals surface area contributed by atoms with Crippen LogP contribution in [0.4, 0.5) is 0 Å². The Bertz CT molecular complexity index is 948. The molecule has 3 aromatic rings. The standard InChI is InChI=1S/C15H14N4O2S2/c20-23(21,11-12-7-3-1-4-8-12)18-19-14(16-17-15(19)22)13-9-5-2-6-10-13/h1-10,18H,11H2,(H,17,22). The van der Waals surface area contributed by atoms with Crippen LogP contribution in [-0.4, -0.2) is 23.3 Å². The van der Waals surface area contributed by atoms with Crippen molar-refractivity contribution < 1.29 is 8.42 Å². The van der Waals surface area contributed by atoms with E-state index in [4.69, 9.17) is 12.2 Å². The second kappa shape index (κ2) is 6.35. The zero-order chi connectivity index (χ0) is 16.3. The molecule has 2 aromatic carbocycles. The molecule has 0 aliphatic rings. The summed E-state index contributed by atoms with van der Waals surface area (Å²) >= 11 is 5.12. The third kappa shape index (κ3) is 3.66. The highest BCUT2D eigenvalue weighted by atomic mass is 32.2. The van der Waals surface area contributed by atoms with E-state index in [1.807, 2.05) is 36.4 Å². The zero-order valence-electron chi connectivity index (χ0n) is 12.0. The van der Waals surface area contributed by atoms with Gasteiger partial charge in [0.1, 0.15) is 0 Å². The minimum atomic E-state index is -3.62. The Kier molecular flexibility index (Phi) is 4.26. The number of benzene rings is 2. The quantitative estimate of drug-likeness (QED) is 0.696. The summed E-state index contributed by atoms with van der Waals surface area (Å²) in [6.45, 7) is 0. The van der Waals surface area contributed by atoms with Gasteiger partial charge in [0.2, 0.25) is 4.77 Å². The van der Waals surface area contributed by atoms with Crippen molar-refractivity contribution in [3.8, 4) is 11.4 Å². The first kappa shape index (κ1) is 15.4. The van der Waals surface area contributed by atoms with E-state index in [1.54, 1.807) is 24.3 Å². The van der Waals surface area contributed by atoms with Crippen LogP contribution in [0, 0.1) is 4.77 Å².